The molecule has 28 heavy (non-hydrogen) atoms. The lowest BCUT2D eigenvalue weighted by atomic mass is 9.95. The molecule has 1 aromatic heterocycles. The highest BCUT2D eigenvalue weighted by Gasteiger charge is 2.17. The summed E-state index contributed by atoms with van der Waals surface area (Å²) in [6, 6.07) is 9.36. The summed E-state index contributed by atoms with van der Waals surface area (Å²) in [7, 11) is 1.46. The molecule has 0 radical (unpaired) electrons. The van der Waals surface area contributed by atoms with Crippen molar-refractivity contribution in [2.45, 2.75) is 55.3 Å². The van der Waals surface area contributed by atoms with Gasteiger partial charge in [0, 0.05) is 33.5 Å². The Hall–Kier alpha value is -1.92. The first-order valence-corrected chi connectivity index (χ1v) is 10.9. The fourth-order valence-corrected chi connectivity index (χ4v) is 4.40. The van der Waals surface area contributed by atoms with Crippen LogP contribution in [-0.4, -0.2) is 23.6 Å². The van der Waals surface area contributed by atoms with E-state index in [0.29, 0.717) is 10.8 Å². The number of carbonyl (C=O) groups excluding carboxylic acids is 1. The van der Waals surface area contributed by atoms with Gasteiger partial charge in [0.15, 0.2) is 5.75 Å². The van der Waals surface area contributed by atoms with Gasteiger partial charge in [0.05, 0.1) is 13.3 Å². The second-order valence-electron chi connectivity index (χ2n) is 6.97. The van der Waals surface area contributed by atoms with Crippen molar-refractivity contribution >= 4 is 29.3 Å². The average molecular weight is 421 g/mol. The maximum Gasteiger partial charge on any atom is 0.240 e. The van der Waals surface area contributed by atoms with Crippen LogP contribution in [0.3, 0.4) is 0 Å². The Morgan fingerprint density at radius 3 is 2.64 bits per heavy atom. The molecule has 0 aliphatic heterocycles. The van der Waals surface area contributed by atoms with Gasteiger partial charge < -0.3 is 14.6 Å². The largest absolute Gasteiger partial charge is 0.491 e. The van der Waals surface area contributed by atoms with Crippen molar-refractivity contribution in [3.63, 3.8) is 0 Å². The smallest absolute Gasteiger partial charge is 0.240 e. The SMILES string of the molecule is COc1cn(CC(=O)NC2CCCCC2)c(CSc2ccc(Cl)cc2)cc1=O. The maximum absolute atomic E-state index is 12.6. The van der Waals surface area contributed by atoms with Crippen molar-refractivity contribution in [3.05, 3.63) is 57.5 Å². The molecule has 3 rings (SSSR count). The van der Waals surface area contributed by atoms with Gasteiger partial charge in [-0.2, -0.15) is 0 Å². The fraction of sp³-hybridized carbons (Fsp3) is 0.429. The van der Waals surface area contributed by atoms with Crippen LogP contribution in [0, 0.1) is 0 Å². The lowest BCUT2D eigenvalue weighted by Gasteiger charge is -2.23. The number of ether oxygens (including phenoxy) is 1. The lowest BCUT2D eigenvalue weighted by molar-refractivity contribution is -0.122. The zero-order valence-electron chi connectivity index (χ0n) is 15.9. The Morgan fingerprint density at radius 2 is 1.96 bits per heavy atom. The van der Waals surface area contributed by atoms with Gasteiger partial charge in [0.25, 0.3) is 0 Å². The quantitative estimate of drug-likeness (QED) is 0.680. The third kappa shape index (κ3) is 5.79. The summed E-state index contributed by atoms with van der Waals surface area (Å²) >= 11 is 7.52. The van der Waals surface area contributed by atoms with Crippen molar-refractivity contribution < 1.29 is 9.53 Å². The summed E-state index contributed by atoms with van der Waals surface area (Å²) in [6.07, 6.45) is 7.28. The molecule has 1 aromatic carbocycles. The summed E-state index contributed by atoms with van der Waals surface area (Å²) in [6.45, 7) is 0.170. The van der Waals surface area contributed by atoms with E-state index in [9.17, 15) is 9.59 Å². The average Bonchev–Trinajstić information content (AvgIpc) is 2.69. The summed E-state index contributed by atoms with van der Waals surface area (Å²) in [4.78, 5) is 25.8. The molecule has 150 valence electrons. The number of amides is 1. The van der Waals surface area contributed by atoms with Crippen LogP contribution in [-0.2, 0) is 17.1 Å². The van der Waals surface area contributed by atoms with E-state index in [4.69, 9.17) is 16.3 Å². The minimum Gasteiger partial charge on any atom is -0.491 e. The molecule has 0 unspecified atom stereocenters. The minimum atomic E-state index is -0.182. The normalized spacial score (nSPS) is 14.6. The van der Waals surface area contributed by atoms with Crippen molar-refractivity contribution in [3.8, 4) is 5.75 Å². The topological polar surface area (TPSA) is 60.3 Å². The summed E-state index contributed by atoms with van der Waals surface area (Å²) in [5.74, 6) is 0.776. The predicted octanol–water partition coefficient (Wildman–Crippen LogP) is 4.25. The van der Waals surface area contributed by atoms with E-state index in [-0.39, 0.29) is 29.7 Å². The number of halogens is 1. The summed E-state index contributed by atoms with van der Waals surface area (Å²) in [5, 5.41) is 3.81. The standard InChI is InChI=1S/C21H25ClN2O3S/c1-27-20-12-24(13-21(26)23-16-5-3-2-4-6-16)17(11-19(20)25)14-28-18-9-7-15(22)8-10-18/h7-12,16H,2-6,13-14H2,1H3,(H,23,26). The number of nitrogens with one attached hydrogen (secondary N) is 1. The van der Waals surface area contributed by atoms with Crippen molar-refractivity contribution in [1.29, 1.82) is 0 Å². The number of thioether (sulfide) groups is 1. The molecule has 7 heteroatoms. The molecule has 1 amide bonds. The van der Waals surface area contributed by atoms with E-state index in [1.165, 1.54) is 26.4 Å². The van der Waals surface area contributed by atoms with Gasteiger partial charge in [0.1, 0.15) is 6.54 Å². The monoisotopic (exact) mass is 420 g/mol. The van der Waals surface area contributed by atoms with Crippen molar-refractivity contribution in [2.24, 2.45) is 0 Å². The molecule has 0 spiro atoms. The lowest BCUT2D eigenvalue weighted by Crippen LogP contribution is -2.38. The minimum absolute atomic E-state index is 0.0321. The Labute approximate surface area is 174 Å². The van der Waals surface area contributed by atoms with E-state index in [1.807, 2.05) is 24.3 Å². The molecule has 1 fully saturated rings. The van der Waals surface area contributed by atoms with E-state index in [0.717, 1.165) is 23.4 Å². The molecule has 0 atom stereocenters. The first-order chi connectivity index (χ1) is 13.5. The first-order valence-electron chi connectivity index (χ1n) is 9.50. The third-order valence-corrected chi connectivity index (χ3v) is 6.18. The number of hydrogen-bond acceptors (Lipinski definition) is 4. The van der Waals surface area contributed by atoms with Gasteiger partial charge in [-0.25, -0.2) is 0 Å². The molecular formula is C21H25ClN2O3S. The van der Waals surface area contributed by atoms with Crippen molar-refractivity contribution in [2.75, 3.05) is 7.11 Å². The molecule has 0 bridgehead atoms. The second-order valence-corrected chi connectivity index (χ2v) is 8.46. The highest BCUT2D eigenvalue weighted by atomic mass is 35.5. The summed E-state index contributed by atoms with van der Waals surface area (Å²) < 4.78 is 6.97. The van der Waals surface area contributed by atoms with Crippen LogP contribution in [0.2, 0.25) is 5.02 Å². The van der Waals surface area contributed by atoms with Crippen molar-refractivity contribution in [1.82, 2.24) is 9.88 Å². The molecule has 1 aliphatic carbocycles. The zero-order chi connectivity index (χ0) is 19.9. The molecule has 1 aliphatic rings. The number of benzene rings is 1. The molecule has 0 saturated heterocycles. The molecule has 5 nitrogen and oxygen atoms in total. The van der Waals surface area contributed by atoms with Gasteiger partial charge in [-0.3, -0.25) is 9.59 Å². The van der Waals surface area contributed by atoms with Crippen LogP contribution in [0.4, 0.5) is 0 Å². The fourth-order valence-electron chi connectivity index (χ4n) is 3.38. The highest BCUT2D eigenvalue weighted by Crippen LogP contribution is 2.24. The summed E-state index contributed by atoms with van der Waals surface area (Å²) in [5.41, 5.74) is 0.600. The van der Waals surface area contributed by atoms with Crippen LogP contribution in [0.25, 0.3) is 0 Å². The van der Waals surface area contributed by atoms with Gasteiger partial charge in [-0.05, 0) is 37.1 Å². The predicted molar refractivity (Wildman–Crippen MR) is 113 cm³/mol. The molecule has 1 saturated carbocycles. The molecule has 1 N–H and O–H groups in total. The van der Waals surface area contributed by atoms with Crippen LogP contribution >= 0.6 is 23.4 Å². The number of nitrogens with zero attached hydrogens (tertiary/aromatic N) is 1. The third-order valence-electron chi connectivity index (χ3n) is 4.89. The number of aromatic nitrogens is 1. The van der Waals surface area contributed by atoms with Crippen LogP contribution in [0.5, 0.6) is 5.75 Å². The number of rotatable bonds is 7. The van der Waals surface area contributed by atoms with E-state index in [2.05, 4.69) is 5.32 Å². The van der Waals surface area contributed by atoms with Gasteiger partial charge in [-0.15, -0.1) is 11.8 Å². The van der Waals surface area contributed by atoms with Gasteiger partial charge in [-0.1, -0.05) is 30.9 Å². The Morgan fingerprint density at radius 1 is 1.25 bits per heavy atom. The second kappa shape index (κ2) is 10.0. The van der Waals surface area contributed by atoms with E-state index in [1.54, 1.807) is 28.6 Å². The zero-order valence-corrected chi connectivity index (χ0v) is 17.5. The molecule has 2 aromatic rings. The number of carbonyl (C=O) groups is 1. The number of hydrogen-bond donors (Lipinski definition) is 1. The van der Waals surface area contributed by atoms with Gasteiger partial charge in [0.2, 0.25) is 11.3 Å². The number of methoxy groups -OCH3 is 1. The first kappa shape index (κ1) is 20.8. The number of pyridine rings is 1. The van der Waals surface area contributed by atoms with Crippen LogP contribution in [0.15, 0.2) is 46.2 Å². The van der Waals surface area contributed by atoms with Crippen LogP contribution < -0.4 is 15.5 Å². The Balaban J connectivity index is 1.72. The Bertz CT molecular complexity index is 861. The molecular weight excluding hydrogens is 396 g/mol. The van der Waals surface area contributed by atoms with E-state index >= 15 is 0 Å². The Kier molecular flexibility index (Phi) is 7.45. The maximum atomic E-state index is 12.6. The van der Waals surface area contributed by atoms with E-state index < -0.39 is 0 Å². The van der Waals surface area contributed by atoms with Crippen LogP contribution in [0.1, 0.15) is 37.8 Å². The highest BCUT2D eigenvalue weighted by molar-refractivity contribution is 7.98. The van der Waals surface area contributed by atoms with Gasteiger partial charge >= 0.3 is 0 Å². The molecule has 1 heterocycles.